The van der Waals surface area contributed by atoms with Crippen molar-refractivity contribution in [3.05, 3.63) is 62.6 Å². The Kier molecular flexibility index (Phi) is 4.77. The summed E-state index contributed by atoms with van der Waals surface area (Å²) in [4.78, 5) is 0. The third-order valence-electron chi connectivity index (χ3n) is 2.96. The van der Waals surface area contributed by atoms with Crippen molar-refractivity contribution in [2.75, 3.05) is 7.11 Å². The van der Waals surface area contributed by atoms with Crippen molar-refractivity contribution >= 4 is 39.1 Å². The van der Waals surface area contributed by atoms with Gasteiger partial charge < -0.3 is 4.74 Å². The maximum Gasteiger partial charge on any atom is 0.137 e. The van der Waals surface area contributed by atoms with Gasteiger partial charge in [0.05, 0.1) is 17.5 Å². The fourth-order valence-electron chi connectivity index (χ4n) is 1.89. The summed E-state index contributed by atoms with van der Waals surface area (Å²) < 4.78 is 6.17. The highest BCUT2D eigenvalue weighted by molar-refractivity contribution is 9.10. The number of rotatable bonds is 3. The van der Waals surface area contributed by atoms with Crippen LogP contribution in [0.3, 0.4) is 0 Å². The van der Waals surface area contributed by atoms with Gasteiger partial charge in [-0.05, 0) is 35.7 Å². The van der Waals surface area contributed by atoms with Crippen LogP contribution in [-0.2, 0) is 0 Å². The summed E-state index contributed by atoms with van der Waals surface area (Å²) in [6.07, 6.45) is 0. The molecule has 2 aromatic rings. The average molecular weight is 360 g/mol. The summed E-state index contributed by atoms with van der Waals surface area (Å²) in [5, 5.41) is 0.312. The minimum atomic E-state index is -0.252. The fraction of sp³-hybridized carbons (Fsp3) is 0.200. The van der Waals surface area contributed by atoms with E-state index in [0.29, 0.717) is 10.8 Å². The summed E-state index contributed by atoms with van der Waals surface area (Å²) in [6, 6.07) is 11.6. The highest BCUT2D eigenvalue weighted by Crippen LogP contribution is 2.37. The van der Waals surface area contributed by atoms with Crippen LogP contribution in [0.15, 0.2) is 40.9 Å². The molecule has 0 saturated heterocycles. The number of halogens is 3. The Morgan fingerprint density at radius 3 is 2.58 bits per heavy atom. The van der Waals surface area contributed by atoms with Gasteiger partial charge in [0, 0.05) is 4.47 Å². The molecule has 100 valence electrons. The number of benzene rings is 2. The largest absolute Gasteiger partial charge is 0.495 e. The molecule has 0 amide bonds. The minimum Gasteiger partial charge on any atom is -0.495 e. The van der Waals surface area contributed by atoms with Gasteiger partial charge in [-0.25, -0.2) is 0 Å². The first-order chi connectivity index (χ1) is 9.04. The third kappa shape index (κ3) is 3.07. The highest BCUT2D eigenvalue weighted by atomic mass is 79.9. The monoisotopic (exact) mass is 358 g/mol. The van der Waals surface area contributed by atoms with Gasteiger partial charge in [-0.1, -0.05) is 51.8 Å². The van der Waals surface area contributed by atoms with Gasteiger partial charge in [0.1, 0.15) is 5.75 Å². The van der Waals surface area contributed by atoms with Crippen LogP contribution in [-0.4, -0.2) is 7.11 Å². The Hall–Kier alpha value is -0.700. The molecule has 0 aliphatic rings. The first-order valence-electron chi connectivity index (χ1n) is 5.77. The molecular weight excluding hydrogens is 347 g/mol. The summed E-state index contributed by atoms with van der Waals surface area (Å²) in [6.45, 7) is 2.04. The van der Waals surface area contributed by atoms with Crippen molar-refractivity contribution in [1.29, 1.82) is 0 Å². The van der Waals surface area contributed by atoms with Gasteiger partial charge in [-0.3, -0.25) is 0 Å². The van der Waals surface area contributed by atoms with Crippen molar-refractivity contribution in [1.82, 2.24) is 0 Å². The van der Waals surface area contributed by atoms with Crippen molar-refractivity contribution in [2.45, 2.75) is 12.3 Å². The summed E-state index contributed by atoms with van der Waals surface area (Å²) in [5.74, 6) is 0.651. The molecule has 0 N–H and O–H groups in total. The Bertz CT molecular complexity index is 599. The van der Waals surface area contributed by atoms with E-state index in [1.807, 2.05) is 43.3 Å². The zero-order chi connectivity index (χ0) is 14.0. The average Bonchev–Trinajstić information content (AvgIpc) is 2.41. The second-order valence-electron chi connectivity index (χ2n) is 4.23. The molecule has 0 aliphatic carbocycles. The molecule has 1 nitrogen and oxygen atoms in total. The molecule has 2 rings (SSSR count). The maximum absolute atomic E-state index is 6.55. The van der Waals surface area contributed by atoms with Crippen molar-refractivity contribution in [3.8, 4) is 5.75 Å². The predicted octanol–water partition coefficient (Wildman–Crippen LogP) is 5.75. The van der Waals surface area contributed by atoms with Crippen LogP contribution in [0.1, 0.15) is 22.1 Å². The van der Waals surface area contributed by atoms with Gasteiger partial charge in [0.2, 0.25) is 0 Å². The summed E-state index contributed by atoms with van der Waals surface area (Å²) >= 11 is 16.3. The lowest BCUT2D eigenvalue weighted by Crippen LogP contribution is -1.96. The molecule has 0 spiro atoms. The molecule has 0 aliphatic heterocycles. The number of aryl methyl sites for hydroxylation is 1. The molecule has 1 atom stereocenters. The number of hydrogen-bond donors (Lipinski definition) is 0. The standard InChI is InChI=1S/C15H13BrCl2O/c1-9-4-3-5-11(14(9)16)15(18)10-6-7-13(19-2)12(17)8-10/h3-8,15H,1-2H3. The van der Waals surface area contributed by atoms with Crippen LogP contribution in [0.2, 0.25) is 5.02 Å². The Balaban J connectivity index is 2.41. The predicted molar refractivity (Wildman–Crippen MR) is 84.6 cm³/mol. The first-order valence-corrected chi connectivity index (χ1v) is 7.38. The van der Waals surface area contributed by atoms with E-state index in [-0.39, 0.29) is 5.38 Å². The van der Waals surface area contributed by atoms with Crippen molar-refractivity contribution < 1.29 is 4.74 Å². The molecule has 0 radical (unpaired) electrons. The third-order valence-corrected chi connectivity index (χ3v) is 4.83. The number of ether oxygens (including phenoxy) is 1. The smallest absolute Gasteiger partial charge is 0.137 e. The lowest BCUT2D eigenvalue weighted by molar-refractivity contribution is 0.415. The Morgan fingerprint density at radius 1 is 1.21 bits per heavy atom. The zero-order valence-corrected chi connectivity index (χ0v) is 13.7. The first kappa shape index (κ1) is 14.7. The van der Waals surface area contributed by atoms with Crippen molar-refractivity contribution in [3.63, 3.8) is 0 Å². The second-order valence-corrected chi connectivity index (χ2v) is 5.87. The molecule has 0 fully saturated rings. The van der Waals surface area contributed by atoms with E-state index in [0.717, 1.165) is 21.2 Å². The molecule has 0 bridgehead atoms. The Labute approximate surface area is 131 Å². The summed E-state index contributed by atoms with van der Waals surface area (Å²) in [5.41, 5.74) is 3.13. The second kappa shape index (κ2) is 6.17. The van der Waals surface area contributed by atoms with Crippen molar-refractivity contribution in [2.24, 2.45) is 0 Å². The lowest BCUT2D eigenvalue weighted by Gasteiger charge is -2.15. The van der Waals surface area contributed by atoms with Crippen LogP contribution < -0.4 is 4.74 Å². The highest BCUT2D eigenvalue weighted by Gasteiger charge is 2.16. The summed E-state index contributed by atoms with van der Waals surface area (Å²) in [7, 11) is 1.59. The van der Waals surface area contributed by atoms with Crippen LogP contribution in [0.4, 0.5) is 0 Å². The van der Waals surface area contributed by atoms with Crippen LogP contribution in [0.25, 0.3) is 0 Å². The van der Waals surface area contributed by atoms with Gasteiger partial charge in [-0.2, -0.15) is 0 Å². The quantitative estimate of drug-likeness (QED) is 0.634. The van der Waals surface area contributed by atoms with E-state index in [2.05, 4.69) is 15.9 Å². The molecule has 19 heavy (non-hydrogen) atoms. The van der Waals surface area contributed by atoms with Gasteiger partial charge in [0.25, 0.3) is 0 Å². The molecule has 2 aromatic carbocycles. The number of methoxy groups -OCH3 is 1. The van der Waals surface area contributed by atoms with E-state index in [4.69, 9.17) is 27.9 Å². The molecule has 0 aromatic heterocycles. The van der Waals surface area contributed by atoms with E-state index in [9.17, 15) is 0 Å². The van der Waals surface area contributed by atoms with Gasteiger partial charge in [-0.15, -0.1) is 11.6 Å². The fourth-order valence-corrected chi connectivity index (χ4v) is 3.09. The maximum atomic E-state index is 6.55. The van der Waals surface area contributed by atoms with Gasteiger partial charge in [0.15, 0.2) is 0 Å². The van der Waals surface area contributed by atoms with E-state index in [1.165, 1.54) is 0 Å². The molecule has 0 heterocycles. The molecule has 4 heteroatoms. The minimum absolute atomic E-state index is 0.252. The van der Waals surface area contributed by atoms with E-state index < -0.39 is 0 Å². The zero-order valence-electron chi connectivity index (χ0n) is 10.6. The van der Waals surface area contributed by atoms with Gasteiger partial charge >= 0.3 is 0 Å². The van der Waals surface area contributed by atoms with Crippen LogP contribution in [0, 0.1) is 6.92 Å². The normalized spacial score (nSPS) is 12.3. The SMILES string of the molecule is COc1ccc(C(Cl)c2cccc(C)c2Br)cc1Cl. The van der Waals surface area contributed by atoms with E-state index >= 15 is 0 Å². The number of hydrogen-bond acceptors (Lipinski definition) is 1. The molecule has 1 unspecified atom stereocenters. The van der Waals surface area contributed by atoms with Crippen LogP contribution in [0.5, 0.6) is 5.75 Å². The lowest BCUT2D eigenvalue weighted by atomic mass is 10.0. The van der Waals surface area contributed by atoms with Crippen LogP contribution >= 0.6 is 39.1 Å². The molecular formula is C15H13BrCl2O. The number of alkyl halides is 1. The molecule has 0 saturated carbocycles. The van der Waals surface area contributed by atoms with E-state index in [1.54, 1.807) is 7.11 Å². The Morgan fingerprint density at radius 2 is 1.95 bits per heavy atom. The topological polar surface area (TPSA) is 9.23 Å².